The lowest BCUT2D eigenvalue weighted by Gasteiger charge is -2.32. The number of methoxy groups -OCH3 is 2. The van der Waals surface area contributed by atoms with Crippen LogP contribution in [-0.4, -0.2) is 109 Å². The summed E-state index contributed by atoms with van der Waals surface area (Å²) in [4.78, 5) is 61.7. The summed E-state index contributed by atoms with van der Waals surface area (Å²) in [5, 5.41) is 26.5. The second-order valence-corrected chi connectivity index (χ2v) is 17.6. The number of nitrogens with zero attached hydrogens (tertiary/aromatic N) is 4. The largest absolute Gasteiger partial charge is 0.493 e. The molecule has 4 aliphatic heterocycles. The molecule has 3 aromatic carbocycles. The molecule has 4 aliphatic rings. The van der Waals surface area contributed by atoms with E-state index in [1.807, 2.05) is 33.9 Å². The van der Waals surface area contributed by atoms with E-state index in [1.54, 1.807) is 77.7 Å². The molecule has 4 amide bonds. The highest BCUT2D eigenvalue weighted by molar-refractivity contribution is 6.08. The highest BCUT2D eigenvalue weighted by Crippen LogP contribution is 2.43. The summed E-state index contributed by atoms with van der Waals surface area (Å²) in [5.74, 6) is 0.606. The maximum absolute atomic E-state index is 14.1. The van der Waals surface area contributed by atoms with Crippen molar-refractivity contribution >= 4 is 52.9 Å². The molecule has 7 rings (SSSR count). The number of anilines is 2. The molecular formula is C49H60N8O10. The quantitative estimate of drug-likeness (QED) is 0.0931. The van der Waals surface area contributed by atoms with E-state index in [4.69, 9.17) is 29.4 Å². The van der Waals surface area contributed by atoms with Crippen LogP contribution in [-0.2, 0) is 20.9 Å². The number of aliphatic hydroxyl groups excluding tert-OH is 1. The van der Waals surface area contributed by atoms with Crippen molar-refractivity contribution in [2.45, 2.75) is 104 Å². The highest BCUT2D eigenvalue weighted by atomic mass is 16.6. The number of benzene rings is 3. The number of nitrogens with two attached hydrogens (primary N) is 1. The van der Waals surface area contributed by atoms with Crippen molar-refractivity contribution in [3.8, 4) is 23.0 Å². The fraction of sp³-hybridized carbons (Fsp3) is 0.429. The number of ether oxygens (including phenoxy) is 5. The Balaban J connectivity index is 0.975. The normalized spacial score (nSPS) is 19.2. The predicted molar refractivity (Wildman–Crippen MR) is 252 cm³/mol. The van der Waals surface area contributed by atoms with Gasteiger partial charge in [-0.05, 0) is 88.6 Å². The molecule has 0 fully saturated rings. The van der Waals surface area contributed by atoms with Gasteiger partial charge in [-0.25, -0.2) is 9.69 Å². The van der Waals surface area contributed by atoms with Crippen molar-refractivity contribution in [2.24, 2.45) is 16.6 Å². The van der Waals surface area contributed by atoms with Gasteiger partial charge in [-0.2, -0.15) is 0 Å². The molecule has 4 heterocycles. The average molecular weight is 921 g/mol. The summed E-state index contributed by atoms with van der Waals surface area (Å²) in [6.45, 7) is 9.61. The summed E-state index contributed by atoms with van der Waals surface area (Å²) >= 11 is 0. The van der Waals surface area contributed by atoms with Gasteiger partial charge in [-0.3, -0.25) is 24.8 Å². The standard InChI is InChI=1S/C49H60N8O10/c1-27(2)43(50)46(59)53-30(5)45(58)54-32-13-11-31(12-14-32)26-67-49(62)57-37-22-42(40(64-7)20-35(37)44(51)56-25-29(4)18-38(56)48(57)61)66-16-10-8-9-15-65-41-21-36-34(19-39(41)63-6)47(60)55-24-28(3)17-33(55)23-52-36/h11-14,19-25,27,30,33,38,43,48,51,61H,8-10,15-18,26,50H2,1-7H3,(H,53,59)(H,54,58). The monoisotopic (exact) mass is 920 g/mol. The fourth-order valence-corrected chi connectivity index (χ4v) is 8.29. The van der Waals surface area contributed by atoms with E-state index < -0.39 is 42.3 Å². The molecular weight excluding hydrogens is 861 g/mol. The molecule has 0 aromatic heterocycles. The van der Waals surface area contributed by atoms with Crippen LogP contribution in [0.25, 0.3) is 0 Å². The smallest absolute Gasteiger partial charge is 0.416 e. The van der Waals surface area contributed by atoms with Gasteiger partial charge < -0.3 is 55.0 Å². The maximum atomic E-state index is 14.1. The molecule has 0 saturated heterocycles. The number of hydrogen-bond donors (Lipinski definition) is 5. The summed E-state index contributed by atoms with van der Waals surface area (Å²) in [5.41, 5.74) is 10.6. The van der Waals surface area contributed by atoms with E-state index >= 15 is 0 Å². The van der Waals surface area contributed by atoms with Gasteiger partial charge in [-0.15, -0.1) is 0 Å². The van der Waals surface area contributed by atoms with E-state index in [1.165, 1.54) is 14.2 Å². The number of fused-ring (bicyclic) bond motifs is 4. The van der Waals surface area contributed by atoms with Gasteiger partial charge in [0.2, 0.25) is 11.8 Å². The second-order valence-electron chi connectivity index (χ2n) is 17.6. The third-order valence-electron chi connectivity index (χ3n) is 12.1. The Morgan fingerprint density at radius 2 is 1.48 bits per heavy atom. The highest BCUT2D eigenvalue weighted by Gasteiger charge is 2.44. The zero-order valence-corrected chi connectivity index (χ0v) is 39.0. The van der Waals surface area contributed by atoms with E-state index in [0.717, 1.165) is 28.9 Å². The lowest BCUT2D eigenvalue weighted by molar-refractivity contribution is -0.127. The number of unbranched alkanes of at least 4 members (excludes halogenated alkanes) is 2. The molecule has 67 heavy (non-hydrogen) atoms. The van der Waals surface area contributed by atoms with Crippen LogP contribution >= 0.6 is 0 Å². The van der Waals surface area contributed by atoms with Crippen LogP contribution in [0.2, 0.25) is 0 Å². The van der Waals surface area contributed by atoms with Crippen molar-refractivity contribution in [3.05, 3.63) is 88.8 Å². The third-order valence-corrected chi connectivity index (χ3v) is 12.1. The van der Waals surface area contributed by atoms with Crippen molar-refractivity contribution in [2.75, 3.05) is 37.7 Å². The second kappa shape index (κ2) is 20.7. The maximum Gasteiger partial charge on any atom is 0.416 e. The Hall–Kier alpha value is -6.92. The Bertz CT molecular complexity index is 2490. The Kier molecular flexibility index (Phi) is 14.9. The molecule has 0 aliphatic carbocycles. The van der Waals surface area contributed by atoms with Crippen molar-refractivity contribution in [1.82, 2.24) is 15.1 Å². The molecule has 18 nitrogen and oxygen atoms in total. The first-order chi connectivity index (χ1) is 32.1. The lowest BCUT2D eigenvalue weighted by atomic mass is 10.0. The minimum absolute atomic E-state index is 0.0717. The van der Waals surface area contributed by atoms with E-state index in [-0.39, 0.29) is 42.6 Å². The Morgan fingerprint density at radius 1 is 0.851 bits per heavy atom. The van der Waals surface area contributed by atoms with E-state index in [2.05, 4.69) is 15.6 Å². The summed E-state index contributed by atoms with van der Waals surface area (Å²) < 4.78 is 29.5. The SMILES string of the molecule is COc1cc2c(cc1OCCCCCOc1cc3c(cc1OC)C(=N)N1C=C(C)CC1C(O)N3C(=O)OCc1ccc(NC(=O)C(C)NC(=O)C(N)C(C)C)cc1)N=CC1CC(C)=CN1C2=O. The zero-order valence-electron chi connectivity index (χ0n) is 39.0. The predicted octanol–water partition coefficient (Wildman–Crippen LogP) is 6.37. The minimum atomic E-state index is -1.40. The molecule has 0 spiro atoms. The average Bonchev–Trinajstić information content (AvgIpc) is 3.85. The van der Waals surface area contributed by atoms with Crippen molar-refractivity contribution < 1.29 is 48.0 Å². The molecule has 5 atom stereocenters. The topological polar surface area (TPSA) is 231 Å². The summed E-state index contributed by atoms with van der Waals surface area (Å²) in [6, 6.07) is 11.0. The van der Waals surface area contributed by atoms with Gasteiger partial charge in [0.05, 0.1) is 62.5 Å². The number of aliphatic imine (C=N–C) groups is 1. The molecule has 5 unspecified atom stereocenters. The Morgan fingerprint density at radius 3 is 2.13 bits per heavy atom. The number of amides is 4. The van der Waals surface area contributed by atoms with E-state index in [9.17, 15) is 29.7 Å². The number of aliphatic hydroxyl groups is 1. The van der Waals surface area contributed by atoms with Gasteiger partial charge in [0, 0.05) is 42.0 Å². The van der Waals surface area contributed by atoms with Gasteiger partial charge in [0.25, 0.3) is 5.91 Å². The number of amidine groups is 1. The van der Waals surface area contributed by atoms with Gasteiger partial charge in [-0.1, -0.05) is 37.1 Å². The molecule has 0 bridgehead atoms. The van der Waals surface area contributed by atoms with Gasteiger partial charge >= 0.3 is 6.09 Å². The van der Waals surface area contributed by atoms with Crippen LogP contribution in [0, 0.1) is 11.3 Å². The number of hydrogen-bond acceptors (Lipinski definition) is 13. The van der Waals surface area contributed by atoms with Crippen molar-refractivity contribution in [3.63, 3.8) is 0 Å². The Labute approximate surface area is 390 Å². The molecule has 18 heteroatoms. The van der Waals surface area contributed by atoms with Crippen LogP contribution < -0.4 is 40.2 Å². The number of carbonyl (C=O) groups is 4. The van der Waals surface area contributed by atoms with Gasteiger partial charge in [0.1, 0.15) is 18.5 Å². The fourth-order valence-electron chi connectivity index (χ4n) is 8.29. The first kappa shape index (κ1) is 48.0. The lowest BCUT2D eigenvalue weighted by Crippen LogP contribution is -2.50. The minimum Gasteiger partial charge on any atom is -0.493 e. The molecule has 6 N–H and O–H groups in total. The van der Waals surface area contributed by atoms with Crippen molar-refractivity contribution in [1.29, 1.82) is 5.41 Å². The van der Waals surface area contributed by atoms with Crippen LogP contribution in [0.1, 0.15) is 88.2 Å². The van der Waals surface area contributed by atoms with Crippen LogP contribution in [0.5, 0.6) is 23.0 Å². The van der Waals surface area contributed by atoms with Gasteiger partial charge in [0.15, 0.2) is 29.2 Å². The zero-order chi connectivity index (χ0) is 48.1. The molecule has 356 valence electrons. The van der Waals surface area contributed by atoms with Crippen LogP contribution in [0.4, 0.5) is 21.9 Å². The first-order valence-electron chi connectivity index (χ1n) is 22.5. The number of carbonyl (C=O) groups excluding carboxylic acids is 4. The molecule has 3 aromatic rings. The molecule has 0 radical (unpaired) electrons. The summed E-state index contributed by atoms with van der Waals surface area (Å²) in [6.07, 6.45) is 6.45. The number of rotatable bonds is 17. The number of nitrogens with one attached hydrogen (secondary N) is 3. The van der Waals surface area contributed by atoms with Crippen LogP contribution in [0.15, 0.2) is 77.1 Å². The molecule has 0 saturated carbocycles. The van der Waals surface area contributed by atoms with Crippen LogP contribution in [0.3, 0.4) is 0 Å². The van der Waals surface area contributed by atoms with E-state index in [0.29, 0.717) is 76.9 Å². The third kappa shape index (κ3) is 10.5. The summed E-state index contributed by atoms with van der Waals surface area (Å²) in [7, 11) is 3.03. The first-order valence-corrected chi connectivity index (χ1v) is 22.5.